The molecule has 0 radical (unpaired) electrons. The van der Waals surface area contributed by atoms with Crippen LogP contribution in [0.25, 0.3) is 0 Å². The van der Waals surface area contributed by atoms with Crippen molar-refractivity contribution in [2.45, 2.75) is 13.0 Å². The number of rotatable bonds is 3. The summed E-state index contributed by atoms with van der Waals surface area (Å²) in [5, 5.41) is 0.296. The summed E-state index contributed by atoms with van der Waals surface area (Å²) in [6, 6.07) is 4.90. The first-order chi connectivity index (χ1) is 9.04. The SMILES string of the molecule is Cc1ccc(F)c(C(NN)c2ccc(Cl)nc2)c1F. The Morgan fingerprint density at radius 3 is 2.58 bits per heavy atom. The van der Waals surface area contributed by atoms with Crippen molar-refractivity contribution >= 4 is 11.6 Å². The fourth-order valence-corrected chi connectivity index (χ4v) is 1.96. The number of aryl methyl sites for hydroxylation is 1. The van der Waals surface area contributed by atoms with E-state index in [9.17, 15) is 8.78 Å². The molecule has 0 amide bonds. The van der Waals surface area contributed by atoms with E-state index in [2.05, 4.69) is 10.4 Å². The molecule has 3 nitrogen and oxygen atoms in total. The predicted octanol–water partition coefficient (Wildman–Crippen LogP) is 2.87. The van der Waals surface area contributed by atoms with Gasteiger partial charge in [-0.2, -0.15) is 0 Å². The van der Waals surface area contributed by atoms with Gasteiger partial charge in [0.15, 0.2) is 0 Å². The fourth-order valence-electron chi connectivity index (χ4n) is 1.85. The fraction of sp³-hybridized carbons (Fsp3) is 0.154. The highest BCUT2D eigenvalue weighted by atomic mass is 35.5. The van der Waals surface area contributed by atoms with Crippen molar-refractivity contribution in [3.63, 3.8) is 0 Å². The van der Waals surface area contributed by atoms with E-state index in [4.69, 9.17) is 17.4 Å². The molecular formula is C13H12ClF2N3. The minimum absolute atomic E-state index is 0.133. The maximum atomic E-state index is 14.1. The molecule has 6 heteroatoms. The normalized spacial score (nSPS) is 12.5. The molecule has 2 aromatic rings. The van der Waals surface area contributed by atoms with E-state index in [1.54, 1.807) is 13.0 Å². The molecule has 100 valence electrons. The zero-order chi connectivity index (χ0) is 14.0. The van der Waals surface area contributed by atoms with E-state index < -0.39 is 17.7 Å². The van der Waals surface area contributed by atoms with E-state index in [0.29, 0.717) is 16.3 Å². The number of hydrazine groups is 1. The lowest BCUT2D eigenvalue weighted by Gasteiger charge is -2.18. The van der Waals surface area contributed by atoms with E-state index in [1.807, 2.05) is 0 Å². The van der Waals surface area contributed by atoms with Gasteiger partial charge in [0.1, 0.15) is 16.8 Å². The Labute approximate surface area is 114 Å². The summed E-state index contributed by atoms with van der Waals surface area (Å²) in [6.45, 7) is 1.56. The van der Waals surface area contributed by atoms with Crippen LogP contribution in [0.4, 0.5) is 8.78 Å². The molecule has 0 saturated carbocycles. The lowest BCUT2D eigenvalue weighted by atomic mass is 9.98. The van der Waals surface area contributed by atoms with Crippen molar-refractivity contribution in [2.75, 3.05) is 0 Å². The molecule has 0 aliphatic rings. The van der Waals surface area contributed by atoms with E-state index in [0.717, 1.165) is 0 Å². The van der Waals surface area contributed by atoms with Crippen LogP contribution < -0.4 is 11.3 Å². The second-order valence-corrected chi connectivity index (χ2v) is 4.49. The number of hydrogen-bond acceptors (Lipinski definition) is 3. The van der Waals surface area contributed by atoms with Crippen molar-refractivity contribution in [3.8, 4) is 0 Å². The van der Waals surface area contributed by atoms with Crippen molar-refractivity contribution < 1.29 is 8.78 Å². The molecule has 1 unspecified atom stereocenters. The molecule has 0 spiro atoms. The highest BCUT2D eigenvalue weighted by Gasteiger charge is 2.22. The van der Waals surface area contributed by atoms with Crippen LogP contribution in [0, 0.1) is 18.6 Å². The molecule has 2 rings (SSSR count). The van der Waals surface area contributed by atoms with Crippen molar-refractivity contribution in [3.05, 3.63) is 63.9 Å². The maximum absolute atomic E-state index is 14.1. The third kappa shape index (κ3) is 2.73. The van der Waals surface area contributed by atoms with Gasteiger partial charge in [-0.3, -0.25) is 5.84 Å². The second-order valence-electron chi connectivity index (χ2n) is 4.11. The van der Waals surface area contributed by atoms with Crippen LogP contribution in [0.5, 0.6) is 0 Å². The van der Waals surface area contributed by atoms with Crippen molar-refractivity contribution in [1.82, 2.24) is 10.4 Å². The first-order valence-electron chi connectivity index (χ1n) is 5.56. The van der Waals surface area contributed by atoms with E-state index in [-0.39, 0.29) is 5.56 Å². The van der Waals surface area contributed by atoms with Gasteiger partial charge < -0.3 is 0 Å². The van der Waals surface area contributed by atoms with Gasteiger partial charge in [0.2, 0.25) is 0 Å². The van der Waals surface area contributed by atoms with Gasteiger partial charge in [0.05, 0.1) is 6.04 Å². The Bertz CT molecular complexity index is 587. The molecule has 0 saturated heterocycles. The minimum Gasteiger partial charge on any atom is -0.271 e. The smallest absolute Gasteiger partial charge is 0.134 e. The van der Waals surface area contributed by atoms with Gasteiger partial charge in [0.25, 0.3) is 0 Å². The molecule has 1 aromatic heterocycles. The van der Waals surface area contributed by atoms with Gasteiger partial charge in [-0.25, -0.2) is 19.2 Å². The minimum atomic E-state index is -0.829. The summed E-state index contributed by atoms with van der Waals surface area (Å²) in [5.74, 6) is 4.13. The standard InChI is InChI=1S/C13H12ClF2N3/c1-7-2-4-9(15)11(12(7)16)13(19-17)8-3-5-10(14)18-6-8/h2-6,13,19H,17H2,1H3. The summed E-state index contributed by atoms with van der Waals surface area (Å²) in [5.41, 5.74) is 3.14. The van der Waals surface area contributed by atoms with Crippen LogP contribution in [-0.2, 0) is 0 Å². The molecule has 3 N–H and O–H groups in total. The Morgan fingerprint density at radius 1 is 1.26 bits per heavy atom. The summed E-state index contributed by atoms with van der Waals surface area (Å²) < 4.78 is 27.9. The monoisotopic (exact) mass is 283 g/mol. The topological polar surface area (TPSA) is 50.9 Å². The van der Waals surface area contributed by atoms with E-state index >= 15 is 0 Å². The number of halogens is 3. The summed E-state index contributed by atoms with van der Waals surface area (Å²) in [7, 11) is 0. The molecule has 19 heavy (non-hydrogen) atoms. The quantitative estimate of drug-likeness (QED) is 0.517. The lowest BCUT2D eigenvalue weighted by Crippen LogP contribution is -2.30. The third-order valence-electron chi connectivity index (χ3n) is 2.86. The number of benzene rings is 1. The Kier molecular flexibility index (Phi) is 4.09. The highest BCUT2D eigenvalue weighted by Crippen LogP contribution is 2.28. The summed E-state index contributed by atoms with van der Waals surface area (Å²) in [6.07, 6.45) is 1.42. The van der Waals surface area contributed by atoms with Crippen LogP contribution in [0.2, 0.25) is 5.15 Å². The number of aromatic nitrogens is 1. The van der Waals surface area contributed by atoms with Gasteiger partial charge in [-0.05, 0) is 30.2 Å². The lowest BCUT2D eigenvalue weighted by molar-refractivity contribution is 0.506. The highest BCUT2D eigenvalue weighted by molar-refractivity contribution is 6.29. The predicted molar refractivity (Wildman–Crippen MR) is 69.5 cm³/mol. The number of nitrogens with zero attached hydrogens (tertiary/aromatic N) is 1. The second kappa shape index (κ2) is 5.61. The number of nitrogens with two attached hydrogens (primary N) is 1. The van der Waals surface area contributed by atoms with Gasteiger partial charge >= 0.3 is 0 Å². The molecule has 1 aromatic carbocycles. The Hall–Kier alpha value is -1.56. The molecule has 0 bridgehead atoms. The maximum Gasteiger partial charge on any atom is 0.134 e. The van der Waals surface area contributed by atoms with Crippen LogP contribution >= 0.6 is 11.6 Å². The van der Waals surface area contributed by atoms with E-state index in [1.165, 1.54) is 24.4 Å². The summed E-state index contributed by atoms with van der Waals surface area (Å²) in [4.78, 5) is 3.88. The van der Waals surface area contributed by atoms with Gasteiger partial charge in [-0.1, -0.05) is 23.7 Å². The average molecular weight is 284 g/mol. The molecule has 1 heterocycles. The number of nitrogens with one attached hydrogen (secondary N) is 1. The zero-order valence-electron chi connectivity index (χ0n) is 10.1. The number of pyridine rings is 1. The van der Waals surface area contributed by atoms with Crippen molar-refractivity contribution in [1.29, 1.82) is 0 Å². The average Bonchev–Trinajstić information content (AvgIpc) is 2.40. The van der Waals surface area contributed by atoms with Gasteiger partial charge in [-0.15, -0.1) is 0 Å². The van der Waals surface area contributed by atoms with Gasteiger partial charge in [0, 0.05) is 11.8 Å². The van der Waals surface area contributed by atoms with Crippen LogP contribution in [0.3, 0.4) is 0 Å². The first-order valence-corrected chi connectivity index (χ1v) is 5.94. The summed E-state index contributed by atoms with van der Waals surface area (Å²) >= 11 is 5.68. The Morgan fingerprint density at radius 2 is 2.00 bits per heavy atom. The molecule has 0 aliphatic heterocycles. The van der Waals surface area contributed by atoms with Crippen molar-refractivity contribution in [2.24, 2.45) is 5.84 Å². The number of hydrogen-bond donors (Lipinski definition) is 2. The van der Waals surface area contributed by atoms with Crippen LogP contribution in [-0.4, -0.2) is 4.98 Å². The largest absolute Gasteiger partial charge is 0.271 e. The molecule has 1 atom stereocenters. The molecule has 0 aliphatic carbocycles. The van der Waals surface area contributed by atoms with Crippen LogP contribution in [0.1, 0.15) is 22.7 Å². The molecule has 0 fully saturated rings. The van der Waals surface area contributed by atoms with Crippen LogP contribution in [0.15, 0.2) is 30.5 Å². The Balaban J connectivity index is 2.54. The first kappa shape index (κ1) is 13.9. The third-order valence-corrected chi connectivity index (χ3v) is 3.08. The zero-order valence-corrected chi connectivity index (χ0v) is 10.9. The molecular weight excluding hydrogens is 272 g/mol.